The molecule has 0 amide bonds. The van der Waals surface area contributed by atoms with Gasteiger partial charge in [0.1, 0.15) is 0 Å². The van der Waals surface area contributed by atoms with E-state index in [1.807, 2.05) is 4.72 Å². The van der Waals surface area contributed by atoms with Crippen LogP contribution >= 0.6 is 12.2 Å². The molecule has 136 valence electrons. The van der Waals surface area contributed by atoms with E-state index in [1.54, 1.807) is 25.1 Å². The van der Waals surface area contributed by atoms with Gasteiger partial charge in [-0.1, -0.05) is 18.2 Å². The summed E-state index contributed by atoms with van der Waals surface area (Å²) in [6.45, 7) is 6.97. The van der Waals surface area contributed by atoms with Crippen molar-refractivity contribution in [2.75, 3.05) is 6.54 Å². The smallest absolute Gasteiger partial charge is 0.241 e. The molecular formula is C15H19N4O4S2-. The lowest BCUT2D eigenvalue weighted by molar-refractivity contribution is -0.307. The Bertz CT molecular complexity index is 773. The normalized spacial score (nSPS) is 13.0. The van der Waals surface area contributed by atoms with Gasteiger partial charge in [-0.25, -0.2) is 13.1 Å². The Morgan fingerprint density at radius 3 is 2.52 bits per heavy atom. The standard InChI is InChI=1S/C15H20N4O4S2/c1-4-9-16-15(24)18-17-10(2)12-5-7-13(8-6-12)25(22,23)19-11(3)14(20)21/h4-8,11,19H,1,9H2,2-3H3,(H,20,21)(H2,16,18,24)/p-1/b17-10-/t11-/m0/s1. The third-order valence-corrected chi connectivity index (χ3v) is 4.79. The molecule has 1 rings (SSSR count). The topological polar surface area (TPSA) is 123 Å². The van der Waals surface area contributed by atoms with Gasteiger partial charge in [-0.2, -0.15) is 5.10 Å². The molecule has 1 aromatic carbocycles. The van der Waals surface area contributed by atoms with Crippen molar-refractivity contribution in [2.45, 2.75) is 24.8 Å². The van der Waals surface area contributed by atoms with Crippen molar-refractivity contribution in [1.82, 2.24) is 15.5 Å². The monoisotopic (exact) mass is 383 g/mol. The molecule has 0 aliphatic heterocycles. The van der Waals surface area contributed by atoms with Crippen LogP contribution in [0.25, 0.3) is 0 Å². The molecule has 0 saturated carbocycles. The molecule has 0 unspecified atom stereocenters. The Balaban J connectivity index is 2.83. The number of carboxylic acids is 1. The molecule has 0 fully saturated rings. The van der Waals surface area contributed by atoms with E-state index in [1.165, 1.54) is 19.1 Å². The summed E-state index contributed by atoms with van der Waals surface area (Å²) in [6, 6.07) is 4.49. The average molecular weight is 383 g/mol. The highest BCUT2D eigenvalue weighted by Gasteiger charge is 2.17. The number of hydrogen-bond donors (Lipinski definition) is 3. The van der Waals surface area contributed by atoms with Gasteiger partial charge in [0.25, 0.3) is 0 Å². The van der Waals surface area contributed by atoms with Crippen LogP contribution < -0.4 is 20.6 Å². The lowest BCUT2D eigenvalue weighted by atomic mass is 10.1. The highest BCUT2D eigenvalue weighted by molar-refractivity contribution is 7.89. The van der Waals surface area contributed by atoms with Crippen LogP contribution in [0.4, 0.5) is 0 Å². The Kier molecular flexibility index (Phi) is 7.68. The zero-order chi connectivity index (χ0) is 19.0. The predicted octanol–water partition coefficient (Wildman–Crippen LogP) is -0.523. The van der Waals surface area contributed by atoms with Gasteiger partial charge in [-0.05, 0) is 43.8 Å². The lowest BCUT2D eigenvalue weighted by Gasteiger charge is -2.15. The number of thiocarbonyl (C=S) groups is 1. The van der Waals surface area contributed by atoms with Gasteiger partial charge in [0, 0.05) is 6.54 Å². The van der Waals surface area contributed by atoms with E-state index in [9.17, 15) is 18.3 Å². The third-order valence-electron chi connectivity index (χ3n) is 3.00. The molecule has 0 heterocycles. The average Bonchev–Trinajstić information content (AvgIpc) is 2.57. The van der Waals surface area contributed by atoms with Crippen molar-refractivity contribution >= 4 is 39.0 Å². The third kappa shape index (κ3) is 6.61. The molecule has 3 N–H and O–H groups in total. The van der Waals surface area contributed by atoms with Crippen LogP contribution in [0.5, 0.6) is 0 Å². The number of nitrogens with one attached hydrogen (secondary N) is 3. The first kappa shape index (κ1) is 20.7. The Hall–Kier alpha value is -2.30. The maximum Gasteiger partial charge on any atom is 0.241 e. The van der Waals surface area contributed by atoms with Gasteiger partial charge >= 0.3 is 0 Å². The van der Waals surface area contributed by atoms with E-state index >= 15 is 0 Å². The first-order chi connectivity index (χ1) is 11.7. The molecule has 0 bridgehead atoms. The minimum atomic E-state index is -3.95. The Morgan fingerprint density at radius 2 is 2.00 bits per heavy atom. The molecule has 0 aliphatic rings. The number of rotatable bonds is 8. The van der Waals surface area contributed by atoms with E-state index < -0.39 is 22.0 Å². The maximum atomic E-state index is 12.1. The molecule has 0 saturated heterocycles. The van der Waals surface area contributed by atoms with Gasteiger partial charge in [-0.3, -0.25) is 5.43 Å². The van der Waals surface area contributed by atoms with Crippen LogP contribution in [-0.4, -0.2) is 37.8 Å². The largest absolute Gasteiger partial charge is 0.548 e. The van der Waals surface area contributed by atoms with Crippen LogP contribution in [0, 0.1) is 0 Å². The molecule has 1 atom stereocenters. The minimum Gasteiger partial charge on any atom is -0.548 e. The molecule has 25 heavy (non-hydrogen) atoms. The fourth-order valence-corrected chi connectivity index (χ4v) is 2.95. The predicted molar refractivity (Wildman–Crippen MR) is 97.4 cm³/mol. The quantitative estimate of drug-likeness (QED) is 0.239. The van der Waals surface area contributed by atoms with Crippen LogP contribution in [0.1, 0.15) is 19.4 Å². The van der Waals surface area contributed by atoms with Crippen LogP contribution in [-0.2, 0) is 14.8 Å². The number of hydrazone groups is 1. The highest BCUT2D eigenvalue weighted by atomic mass is 32.2. The number of nitrogens with zero attached hydrogens (tertiary/aromatic N) is 1. The van der Waals surface area contributed by atoms with Gasteiger partial charge in [0.05, 0.1) is 22.6 Å². The summed E-state index contributed by atoms with van der Waals surface area (Å²) in [7, 11) is -3.95. The second-order valence-corrected chi connectivity index (χ2v) is 7.12. The number of sulfonamides is 1. The molecule has 8 nitrogen and oxygen atoms in total. The Labute approximate surface area is 152 Å². The summed E-state index contributed by atoms with van der Waals surface area (Å²) < 4.78 is 26.1. The zero-order valence-electron chi connectivity index (χ0n) is 13.8. The van der Waals surface area contributed by atoms with Crippen molar-refractivity contribution in [3.8, 4) is 0 Å². The Morgan fingerprint density at radius 1 is 1.40 bits per heavy atom. The number of aliphatic carboxylic acids is 1. The van der Waals surface area contributed by atoms with E-state index in [-0.39, 0.29) is 4.90 Å². The van der Waals surface area contributed by atoms with Crippen molar-refractivity contribution in [3.63, 3.8) is 0 Å². The lowest BCUT2D eigenvalue weighted by Crippen LogP contribution is -2.45. The van der Waals surface area contributed by atoms with Crippen molar-refractivity contribution in [2.24, 2.45) is 5.10 Å². The SMILES string of the molecule is C=CCNC(=S)N/N=C(/C)c1ccc(S(=O)(=O)N[C@@H](C)C(=O)[O-])cc1. The molecule has 10 heteroatoms. The summed E-state index contributed by atoms with van der Waals surface area (Å²) in [6.07, 6.45) is 1.65. The maximum absolute atomic E-state index is 12.1. The molecule has 0 aromatic heterocycles. The van der Waals surface area contributed by atoms with E-state index in [2.05, 4.69) is 22.4 Å². The number of carbonyl (C=O) groups excluding carboxylic acids is 1. The second kappa shape index (κ2) is 9.25. The fraction of sp³-hybridized carbons (Fsp3) is 0.267. The van der Waals surface area contributed by atoms with Crippen LogP contribution in [0.15, 0.2) is 46.9 Å². The molecule has 1 aromatic rings. The van der Waals surface area contributed by atoms with Gasteiger partial charge in [0.15, 0.2) is 5.11 Å². The molecule has 0 aliphatic carbocycles. The van der Waals surface area contributed by atoms with Crippen molar-refractivity contribution < 1.29 is 18.3 Å². The summed E-state index contributed by atoms with van der Waals surface area (Å²) in [5, 5.41) is 17.9. The summed E-state index contributed by atoms with van der Waals surface area (Å²) in [5.41, 5.74) is 3.91. The van der Waals surface area contributed by atoms with Crippen LogP contribution in [0.2, 0.25) is 0 Å². The summed E-state index contributed by atoms with van der Waals surface area (Å²) in [5.74, 6) is -1.50. The molecule has 0 spiro atoms. The van der Waals surface area contributed by atoms with Gasteiger partial charge in [-0.15, -0.1) is 6.58 Å². The minimum absolute atomic E-state index is 0.0618. The zero-order valence-corrected chi connectivity index (χ0v) is 15.4. The number of carbonyl (C=O) groups is 1. The highest BCUT2D eigenvalue weighted by Crippen LogP contribution is 2.11. The summed E-state index contributed by atoms with van der Waals surface area (Å²) >= 11 is 5.00. The van der Waals surface area contributed by atoms with Crippen LogP contribution in [0.3, 0.4) is 0 Å². The molecular weight excluding hydrogens is 364 g/mol. The second-order valence-electron chi connectivity index (χ2n) is 4.99. The van der Waals surface area contributed by atoms with Gasteiger partial charge in [0.2, 0.25) is 10.0 Å². The number of carboxylic acid groups (broad SMARTS) is 1. The van der Waals surface area contributed by atoms with Crippen molar-refractivity contribution in [3.05, 3.63) is 42.5 Å². The fourth-order valence-electron chi connectivity index (χ4n) is 1.63. The van der Waals surface area contributed by atoms with E-state index in [4.69, 9.17) is 12.2 Å². The van der Waals surface area contributed by atoms with Gasteiger partial charge < -0.3 is 15.2 Å². The first-order valence-electron chi connectivity index (χ1n) is 7.20. The van der Waals surface area contributed by atoms with E-state index in [0.717, 1.165) is 0 Å². The van der Waals surface area contributed by atoms with Crippen molar-refractivity contribution in [1.29, 1.82) is 0 Å². The van der Waals surface area contributed by atoms with E-state index in [0.29, 0.717) is 22.9 Å². The first-order valence-corrected chi connectivity index (χ1v) is 9.09. The molecule has 0 radical (unpaired) electrons. The summed E-state index contributed by atoms with van der Waals surface area (Å²) in [4.78, 5) is 10.6. The number of hydrogen-bond acceptors (Lipinski definition) is 6. The number of benzene rings is 1.